The molecule has 0 amide bonds. The van der Waals surface area contributed by atoms with E-state index in [0.29, 0.717) is 24.7 Å². The van der Waals surface area contributed by atoms with E-state index in [2.05, 4.69) is 0 Å². The first-order valence-corrected chi connectivity index (χ1v) is 2.32. The summed E-state index contributed by atoms with van der Waals surface area (Å²) in [6, 6.07) is 0. The monoisotopic (exact) mass is 231 g/mol. The van der Waals surface area contributed by atoms with E-state index >= 15 is 0 Å². The second kappa shape index (κ2) is 15.7. The molecule has 9 nitrogen and oxygen atoms in total. The van der Waals surface area contributed by atoms with Crippen molar-refractivity contribution in [2.24, 2.45) is 0 Å². The van der Waals surface area contributed by atoms with Crippen LogP contribution in [0.2, 0.25) is 0 Å². The van der Waals surface area contributed by atoms with Crippen LogP contribution in [-0.2, 0) is 27.5 Å². The van der Waals surface area contributed by atoms with Crippen molar-refractivity contribution >= 4 is 0 Å². The van der Waals surface area contributed by atoms with Crippen molar-refractivity contribution in [3.63, 3.8) is 0 Å². The van der Waals surface area contributed by atoms with Crippen molar-refractivity contribution < 1.29 is 42.9 Å². The molecule has 0 aromatic rings. The normalized spacial score (nSPS) is 5.10. The molecule has 0 saturated carbocycles. The Hall–Kier alpha value is -0.917. The molecule has 0 bridgehead atoms. The third-order valence-corrected chi connectivity index (χ3v) is 0. The fourth-order valence-corrected chi connectivity index (χ4v) is 0. The van der Waals surface area contributed by atoms with Crippen LogP contribution in [0, 0.1) is 25.4 Å². The van der Waals surface area contributed by atoms with Crippen molar-refractivity contribution in [3.8, 4) is 0 Å². The fourth-order valence-electron chi connectivity index (χ4n) is 0. The summed E-state index contributed by atoms with van der Waals surface area (Å²) in [6.45, 7) is 0. The molecule has 0 fully saturated rings. The maximum absolute atomic E-state index is 8.36. The Balaban J connectivity index is -0.0000000787. The molecule has 0 unspecified atom stereocenters. The van der Waals surface area contributed by atoms with Crippen LogP contribution in [0.1, 0.15) is 0 Å². The second-order valence-corrected chi connectivity index (χ2v) is 0.461. The van der Waals surface area contributed by atoms with Gasteiger partial charge in [-0.2, -0.15) is 0 Å². The molecule has 0 aromatic carbocycles. The van der Waals surface area contributed by atoms with E-state index < -0.39 is 10.2 Å². The van der Waals surface area contributed by atoms with Crippen LogP contribution in [-0.4, -0.2) is 15.4 Å². The van der Waals surface area contributed by atoms with Gasteiger partial charge in [0.15, 0.2) is 0 Å². The van der Waals surface area contributed by atoms with E-state index in [1.165, 1.54) is 0 Å². The summed E-state index contributed by atoms with van der Waals surface area (Å²) in [6.07, 6.45) is 0. The molecule has 0 atom stereocenters. The molecular weight excluding hydrogens is 231 g/mol. The predicted molar refractivity (Wildman–Crippen MR) is 19.8 cm³/mol. The topological polar surface area (TPSA) is 147 Å². The van der Waals surface area contributed by atoms with E-state index in [1.54, 1.807) is 0 Å². The summed E-state index contributed by atoms with van der Waals surface area (Å²) in [4.78, 5) is 16.6. The molecule has 10 heteroatoms. The van der Waals surface area contributed by atoms with Gasteiger partial charge in [-0.25, -0.2) is 0 Å². The summed E-state index contributed by atoms with van der Waals surface area (Å²) in [5, 5.41) is 28.4. The molecule has 0 radical (unpaired) electrons. The van der Waals surface area contributed by atoms with Gasteiger partial charge in [0.2, 0.25) is 0 Å². The molecule has 0 saturated heterocycles. The molecule has 10 heavy (non-hydrogen) atoms. The third-order valence-electron chi connectivity index (χ3n) is 0. The Labute approximate surface area is 68.8 Å². The number of hydrogen-bond acceptors (Lipinski definition) is 6. The standard InChI is InChI=1S/HNO3.NO3.O.Zr/c2*2-1(3)4;;/h(H,2,3,4);;;/q;-1;;. The first-order chi connectivity index (χ1) is 4.46. The Morgan fingerprint density at radius 1 is 1.10 bits per heavy atom. The van der Waals surface area contributed by atoms with Crippen LogP contribution in [0.15, 0.2) is 0 Å². The minimum atomic E-state index is -1.75. The van der Waals surface area contributed by atoms with Gasteiger partial charge in [-0.1, -0.05) is 0 Å². The van der Waals surface area contributed by atoms with Gasteiger partial charge in [0.25, 0.3) is 5.09 Å². The van der Waals surface area contributed by atoms with Gasteiger partial charge in [0.1, 0.15) is 0 Å². The van der Waals surface area contributed by atoms with Crippen molar-refractivity contribution in [1.82, 2.24) is 0 Å². The van der Waals surface area contributed by atoms with Gasteiger partial charge in [-0.15, -0.1) is 10.1 Å². The molecule has 0 aliphatic heterocycles. The summed E-state index contributed by atoms with van der Waals surface area (Å²) < 4.78 is 8.34. The first kappa shape index (κ1) is 16.0. The zero-order valence-electron chi connectivity index (χ0n) is 4.29. The predicted octanol–water partition coefficient (Wildman–Crippen LogP) is -0.708. The van der Waals surface area contributed by atoms with E-state index in [-0.39, 0.29) is 0 Å². The zero-order valence-corrected chi connectivity index (χ0v) is 6.75. The minimum absolute atomic E-state index is 0.300. The Bertz CT molecular complexity index is 79.8. The summed E-state index contributed by atoms with van der Waals surface area (Å²) in [5.74, 6) is 0. The van der Waals surface area contributed by atoms with E-state index in [1.807, 2.05) is 0 Å². The van der Waals surface area contributed by atoms with Gasteiger partial charge in [-0.3, -0.25) is 0 Å². The van der Waals surface area contributed by atoms with E-state index in [0.717, 1.165) is 0 Å². The van der Waals surface area contributed by atoms with Crippen molar-refractivity contribution in [2.75, 3.05) is 0 Å². The van der Waals surface area contributed by atoms with Gasteiger partial charge in [-0.05, 0) is 0 Å². The molecule has 1 N–H and O–H groups in total. The summed E-state index contributed by atoms with van der Waals surface area (Å²) >= 11 is 0.300. The molecule has 0 spiro atoms. The molecule has 0 heterocycles. The first-order valence-electron chi connectivity index (χ1n) is 1.32. The van der Waals surface area contributed by atoms with Crippen LogP contribution in [0.25, 0.3) is 0 Å². The van der Waals surface area contributed by atoms with Crippen LogP contribution in [0.3, 0.4) is 0 Å². The quantitative estimate of drug-likeness (QED) is 0.428. The number of nitrogens with zero attached hydrogens (tertiary/aromatic N) is 2. The number of hydrogen-bond donors (Lipinski definition) is 1. The fraction of sp³-hybridized carbons (Fsp3) is 0. The van der Waals surface area contributed by atoms with E-state index in [4.69, 9.17) is 33.5 Å². The van der Waals surface area contributed by atoms with E-state index in [9.17, 15) is 0 Å². The van der Waals surface area contributed by atoms with Gasteiger partial charge >= 0.3 is 27.5 Å². The molecule has 0 rings (SSSR count). The second-order valence-electron chi connectivity index (χ2n) is 0.461. The Morgan fingerprint density at radius 2 is 1.10 bits per heavy atom. The Kier molecular flexibility index (Phi) is 25.2. The van der Waals surface area contributed by atoms with Gasteiger partial charge in [0.05, 0.1) is 5.09 Å². The van der Waals surface area contributed by atoms with Crippen LogP contribution in [0.5, 0.6) is 0 Å². The summed E-state index contributed by atoms with van der Waals surface area (Å²) in [7, 11) is 0. The maximum atomic E-state index is 8.36. The SMILES string of the molecule is O=[N+]([O-])O.O=[N+]([O-])[O-].[O]=[Zr]. The van der Waals surface area contributed by atoms with Crippen molar-refractivity contribution in [3.05, 3.63) is 25.4 Å². The van der Waals surface area contributed by atoms with Crippen LogP contribution in [0.4, 0.5) is 0 Å². The van der Waals surface area contributed by atoms with Crippen molar-refractivity contribution in [2.45, 2.75) is 0 Å². The number of rotatable bonds is 0. The average molecular weight is 232 g/mol. The molecule has 0 aliphatic rings. The Morgan fingerprint density at radius 3 is 1.10 bits per heavy atom. The molecular formula is HN2O7Zr-. The molecule has 0 aromatic heterocycles. The van der Waals surface area contributed by atoms with Crippen LogP contribution >= 0.6 is 0 Å². The van der Waals surface area contributed by atoms with Crippen molar-refractivity contribution in [1.29, 1.82) is 0 Å². The van der Waals surface area contributed by atoms with Gasteiger partial charge < -0.3 is 20.5 Å². The molecule has 0 aliphatic carbocycles. The summed E-state index contributed by atoms with van der Waals surface area (Å²) in [5.41, 5.74) is 0. The van der Waals surface area contributed by atoms with Crippen LogP contribution < -0.4 is 0 Å². The molecule has 58 valence electrons. The average Bonchev–Trinajstić information content (AvgIpc) is 1.66. The third kappa shape index (κ3) is 312. The zero-order chi connectivity index (χ0) is 9.15. The van der Waals surface area contributed by atoms with Gasteiger partial charge in [0, 0.05) is 0 Å².